The molecule has 0 heterocycles. The molecule has 368 valence electrons. The lowest BCUT2D eigenvalue weighted by molar-refractivity contribution is -0.151. The summed E-state index contributed by atoms with van der Waals surface area (Å²) in [5.74, 6) is 5.34. The van der Waals surface area contributed by atoms with Gasteiger partial charge in [0.15, 0.2) is 0 Å². The number of unbranched alkanes of at least 4 members (excludes halogenated alkanes) is 30. The molecule has 2 nitrogen and oxygen atoms in total. The Morgan fingerprint density at radius 1 is 0.556 bits per heavy atom. The molecule has 63 heavy (non-hydrogen) atoms. The van der Waals surface area contributed by atoms with Crippen LogP contribution in [-0.4, -0.2) is 12.1 Å². The van der Waals surface area contributed by atoms with Crippen LogP contribution in [0.25, 0.3) is 0 Å². The van der Waals surface area contributed by atoms with Gasteiger partial charge >= 0.3 is 5.97 Å². The number of esters is 1. The molecule has 0 aliphatic heterocycles. The van der Waals surface area contributed by atoms with E-state index in [0.29, 0.717) is 17.3 Å². The third kappa shape index (κ3) is 19.8. The molecule has 0 aromatic carbocycles. The average molecular weight is 878 g/mol. The highest BCUT2D eigenvalue weighted by Crippen LogP contribution is 2.67. The molecule has 3 fully saturated rings. The second kappa shape index (κ2) is 32.0. The zero-order valence-electron chi connectivity index (χ0n) is 43.8. The molecule has 4 aliphatic carbocycles. The molecule has 0 amide bonds. The highest BCUT2D eigenvalue weighted by Gasteiger charge is 2.59. The highest BCUT2D eigenvalue weighted by atomic mass is 16.5. The third-order valence-electron chi connectivity index (χ3n) is 18.5. The normalized spacial score (nSPS) is 27.2. The molecule has 4 aliphatic rings. The molecule has 0 aromatic heterocycles. The average Bonchev–Trinajstić information content (AvgIpc) is 3.63. The molecule has 8 atom stereocenters. The molecular formula is C61H112O2. The SMILES string of the molecule is CCCCCCCCCCCCCCCCCCCCCCCCCCCCCCCCCC(=O)OC1CCC2(C)C(=CCC3C2CCC2(C)C(C(C)CCCC(C)C)CCC32)C1. The fourth-order valence-corrected chi connectivity index (χ4v) is 14.5. The topological polar surface area (TPSA) is 26.3 Å². The van der Waals surface area contributed by atoms with Gasteiger partial charge in [-0.2, -0.15) is 0 Å². The first-order chi connectivity index (χ1) is 30.7. The largest absolute Gasteiger partial charge is 0.462 e. The Kier molecular flexibility index (Phi) is 27.9. The number of fused-ring (bicyclic) bond motifs is 5. The zero-order valence-corrected chi connectivity index (χ0v) is 43.8. The summed E-state index contributed by atoms with van der Waals surface area (Å²) in [5.41, 5.74) is 2.54. The minimum atomic E-state index is 0.0706. The van der Waals surface area contributed by atoms with Gasteiger partial charge in [0.2, 0.25) is 0 Å². The quantitative estimate of drug-likeness (QED) is 0.0351. The van der Waals surface area contributed by atoms with Crippen molar-refractivity contribution in [2.45, 2.75) is 324 Å². The minimum absolute atomic E-state index is 0.0706. The lowest BCUT2D eigenvalue weighted by Gasteiger charge is -2.58. The summed E-state index contributed by atoms with van der Waals surface area (Å²) in [4.78, 5) is 12.9. The maximum atomic E-state index is 12.9. The Balaban J connectivity index is 0.895. The van der Waals surface area contributed by atoms with Gasteiger partial charge in [0.05, 0.1) is 0 Å². The van der Waals surface area contributed by atoms with Gasteiger partial charge < -0.3 is 4.74 Å². The van der Waals surface area contributed by atoms with Crippen molar-refractivity contribution in [2.24, 2.45) is 46.3 Å². The van der Waals surface area contributed by atoms with Crippen LogP contribution in [0.1, 0.15) is 318 Å². The van der Waals surface area contributed by atoms with Gasteiger partial charge in [0.25, 0.3) is 0 Å². The molecule has 0 spiro atoms. The molecule has 3 saturated carbocycles. The standard InChI is InChI=1S/C61H112O2/c1-7-8-9-10-11-12-13-14-15-16-17-18-19-20-21-22-23-24-25-26-27-28-29-30-31-32-33-34-35-36-37-41-59(62)63-54-46-48-60(5)53(50-54)42-43-55-57-45-44-56(52(4)40-38-39-51(2)3)61(57,6)49-47-58(55)60/h42,51-52,54-58H,7-41,43-50H2,1-6H3. The molecule has 4 rings (SSSR count). The Hall–Kier alpha value is -0.790. The van der Waals surface area contributed by atoms with Crippen molar-refractivity contribution in [1.82, 2.24) is 0 Å². The third-order valence-corrected chi connectivity index (χ3v) is 18.5. The smallest absolute Gasteiger partial charge is 0.306 e. The Morgan fingerprint density at radius 2 is 1.02 bits per heavy atom. The zero-order chi connectivity index (χ0) is 45.0. The van der Waals surface area contributed by atoms with E-state index in [0.717, 1.165) is 54.8 Å². The first kappa shape index (κ1) is 54.8. The first-order valence-corrected chi connectivity index (χ1v) is 29.6. The fraction of sp³-hybridized carbons (Fsp3) is 0.951. The Morgan fingerprint density at radius 3 is 1.48 bits per heavy atom. The maximum absolute atomic E-state index is 12.9. The van der Waals surface area contributed by atoms with Crippen LogP contribution in [0.2, 0.25) is 0 Å². The van der Waals surface area contributed by atoms with Crippen LogP contribution in [0.5, 0.6) is 0 Å². The van der Waals surface area contributed by atoms with Crippen LogP contribution in [0.3, 0.4) is 0 Å². The summed E-state index contributed by atoms with van der Waals surface area (Å²) in [6.07, 6.45) is 62.2. The number of carbonyl (C=O) groups is 1. The number of allylic oxidation sites excluding steroid dienone is 1. The first-order valence-electron chi connectivity index (χ1n) is 29.6. The van der Waals surface area contributed by atoms with Gasteiger partial charge in [0.1, 0.15) is 6.10 Å². The van der Waals surface area contributed by atoms with E-state index in [2.05, 4.69) is 47.6 Å². The second-order valence-corrected chi connectivity index (χ2v) is 24.0. The van der Waals surface area contributed by atoms with Gasteiger partial charge in [-0.05, 0) is 97.7 Å². The lowest BCUT2D eigenvalue weighted by Crippen LogP contribution is -2.51. The maximum Gasteiger partial charge on any atom is 0.306 e. The summed E-state index contributed by atoms with van der Waals surface area (Å²) >= 11 is 0. The van der Waals surface area contributed by atoms with Crippen molar-refractivity contribution in [3.63, 3.8) is 0 Å². The molecular weight excluding hydrogens is 765 g/mol. The molecule has 0 radical (unpaired) electrons. The molecule has 0 aromatic rings. The van der Waals surface area contributed by atoms with E-state index in [1.165, 1.54) is 250 Å². The molecule has 0 bridgehead atoms. The van der Waals surface area contributed by atoms with Gasteiger partial charge in [-0.15, -0.1) is 0 Å². The summed E-state index contributed by atoms with van der Waals surface area (Å²) in [6.45, 7) is 15.0. The lowest BCUT2D eigenvalue weighted by atomic mass is 9.47. The van der Waals surface area contributed by atoms with E-state index in [1.54, 1.807) is 5.57 Å². The van der Waals surface area contributed by atoms with Crippen LogP contribution in [-0.2, 0) is 9.53 Å². The van der Waals surface area contributed by atoms with E-state index in [-0.39, 0.29) is 12.1 Å². The van der Waals surface area contributed by atoms with Crippen molar-refractivity contribution in [1.29, 1.82) is 0 Å². The van der Waals surface area contributed by atoms with E-state index >= 15 is 0 Å². The highest BCUT2D eigenvalue weighted by molar-refractivity contribution is 5.69. The number of ether oxygens (including phenoxy) is 1. The minimum Gasteiger partial charge on any atom is -0.462 e. The summed E-state index contributed by atoms with van der Waals surface area (Å²) in [5, 5.41) is 0. The predicted octanol–water partition coefficient (Wildman–Crippen LogP) is 20.4. The second-order valence-electron chi connectivity index (χ2n) is 24.0. The van der Waals surface area contributed by atoms with Gasteiger partial charge in [-0.1, -0.05) is 265 Å². The number of hydrogen-bond donors (Lipinski definition) is 0. The van der Waals surface area contributed by atoms with Crippen molar-refractivity contribution in [2.75, 3.05) is 0 Å². The number of carbonyl (C=O) groups excluding carboxylic acids is 1. The predicted molar refractivity (Wildman–Crippen MR) is 276 cm³/mol. The van der Waals surface area contributed by atoms with Crippen LogP contribution >= 0.6 is 0 Å². The van der Waals surface area contributed by atoms with Gasteiger partial charge in [0, 0.05) is 12.8 Å². The van der Waals surface area contributed by atoms with Crippen LogP contribution in [0, 0.1) is 46.3 Å². The summed E-state index contributed by atoms with van der Waals surface area (Å²) in [7, 11) is 0. The van der Waals surface area contributed by atoms with Gasteiger partial charge in [-0.25, -0.2) is 0 Å². The molecule has 0 saturated heterocycles. The van der Waals surface area contributed by atoms with E-state index < -0.39 is 0 Å². The van der Waals surface area contributed by atoms with Crippen LogP contribution < -0.4 is 0 Å². The fourth-order valence-electron chi connectivity index (χ4n) is 14.5. The van der Waals surface area contributed by atoms with Crippen LogP contribution in [0.4, 0.5) is 0 Å². The summed E-state index contributed by atoms with van der Waals surface area (Å²) in [6, 6.07) is 0. The van der Waals surface area contributed by atoms with Crippen molar-refractivity contribution < 1.29 is 9.53 Å². The number of hydrogen-bond acceptors (Lipinski definition) is 2. The van der Waals surface area contributed by atoms with Crippen molar-refractivity contribution in [3.8, 4) is 0 Å². The monoisotopic (exact) mass is 877 g/mol. The van der Waals surface area contributed by atoms with Crippen LogP contribution in [0.15, 0.2) is 11.6 Å². The van der Waals surface area contributed by atoms with Crippen molar-refractivity contribution >= 4 is 5.97 Å². The number of rotatable bonds is 38. The van der Waals surface area contributed by atoms with Gasteiger partial charge in [-0.3, -0.25) is 4.79 Å². The molecule has 2 heteroatoms. The van der Waals surface area contributed by atoms with E-state index in [4.69, 9.17) is 4.74 Å². The summed E-state index contributed by atoms with van der Waals surface area (Å²) < 4.78 is 6.18. The Labute approximate surface area is 395 Å². The van der Waals surface area contributed by atoms with E-state index in [1.807, 2.05) is 0 Å². The Bertz CT molecular complexity index is 1190. The van der Waals surface area contributed by atoms with Crippen molar-refractivity contribution in [3.05, 3.63) is 11.6 Å². The van der Waals surface area contributed by atoms with E-state index in [9.17, 15) is 4.79 Å². The molecule has 8 unspecified atom stereocenters. The molecule has 0 N–H and O–H groups in total.